The van der Waals surface area contributed by atoms with Gasteiger partial charge in [-0.15, -0.1) is 0 Å². The summed E-state index contributed by atoms with van der Waals surface area (Å²) in [6, 6.07) is 17.5. The number of nitro groups is 1. The van der Waals surface area contributed by atoms with Crippen LogP contribution < -0.4 is 4.90 Å². The molecule has 1 atom stereocenters. The number of benzene rings is 2. The molecule has 0 N–H and O–H groups in total. The zero-order valence-corrected chi connectivity index (χ0v) is 16.6. The zero-order valence-electron chi connectivity index (χ0n) is 16.6. The van der Waals surface area contributed by atoms with Gasteiger partial charge in [-0.3, -0.25) is 14.9 Å². The van der Waals surface area contributed by atoms with Gasteiger partial charge in [-0.1, -0.05) is 42.5 Å². The first kappa shape index (κ1) is 19.4. The Kier molecular flexibility index (Phi) is 5.79. The van der Waals surface area contributed by atoms with Gasteiger partial charge in [0.2, 0.25) is 5.91 Å². The molecule has 0 aliphatic carbocycles. The summed E-state index contributed by atoms with van der Waals surface area (Å²) in [5.41, 5.74) is 2.08. The van der Waals surface area contributed by atoms with Gasteiger partial charge in [-0.25, -0.2) is 0 Å². The highest BCUT2D eigenvalue weighted by Crippen LogP contribution is 2.33. The third kappa shape index (κ3) is 4.26. The molecule has 2 fully saturated rings. The van der Waals surface area contributed by atoms with Crippen molar-refractivity contribution in [3.05, 3.63) is 70.3 Å². The smallest absolute Gasteiger partial charge is 0.292 e. The molecule has 1 amide bonds. The molecule has 2 aromatic carbocycles. The van der Waals surface area contributed by atoms with Gasteiger partial charge in [-0.2, -0.15) is 0 Å². The van der Waals surface area contributed by atoms with Gasteiger partial charge in [0, 0.05) is 37.7 Å². The highest BCUT2D eigenvalue weighted by atomic mass is 16.6. The minimum Gasteiger partial charge on any atom is -0.366 e. The number of carbonyl (C=O) groups is 1. The molecular formula is C23H27N3O3. The first-order chi connectivity index (χ1) is 14.1. The molecule has 0 radical (unpaired) electrons. The minimum atomic E-state index is -0.328. The Morgan fingerprint density at radius 2 is 1.66 bits per heavy atom. The molecule has 2 aromatic rings. The molecule has 2 saturated heterocycles. The molecule has 6 heteroatoms. The molecule has 0 bridgehead atoms. The van der Waals surface area contributed by atoms with Crippen molar-refractivity contribution in [1.29, 1.82) is 0 Å². The van der Waals surface area contributed by atoms with Crippen LogP contribution in [0.15, 0.2) is 54.6 Å². The second-order valence-corrected chi connectivity index (χ2v) is 8.02. The van der Waals surface area contributed by atoms with Crippen LogP contribution in [-0.4, -0.2) is 41.4 Å². The van der Waals surface area contributed by atoms with Gasteiger partial charge in [0.25, 0.3) is 5.69 Å². The van der Waals surface area contributed by atoms with Crippen molar-refractivity contribution >= 4 is 17.3 Å². The van der Waals surface area contributed by atoms with Crippen LogP contribution in [-0.2, 0) is 11.2 Å². The standard InChI is InChI=1S/C23H27N3O3/c27-23(25-14-6-9-20(25)17-18-7-2-1-3-8-18)19-12-15-24(16-13-19)21-10-4-5-11-22(21)26(28)29/h1-5,7-8,10-11,19-20H,6,9,12-17H2. The van der Waals surface area contributed by atoms with E-state index in [0.29, 0.717) is 18.8 Å². The van der Waals surface area contributed by atoms with Crippen LogP contribution in [0.3, 0.4) is 0 Å². The lowest BCUT2D eigenvalue weighted by molar-refractivity contribution is -0.384. The van der Waals surface area contributed by atoms with Crippen molar-refractivity contribution in [2.75, 3.05) is 24.5 Å². The average molecular weight is 393 g/mol. The molecular weight excluding hydrogens is 366 g/mol. The van der Waals surface area contributed by atoms with Gasteiger partial charge in [0.05, 0.1) is 4.92 Å². The van der Waals surface area contributed by atoms with Crippen molar-refractivity contribution in [2.24, 2.45) is 5.92 Å². The van der Waals surface area contributed by atoms with Gasteiger partial charge in [0.1, 0.15) is 5.69 Å². The molecule has 0 aromatic heterocycles. The summed E-state index contributed by atoms with van der Waals surface area (Å²) in [5, 5.41) is 11.3. The first-order valence-electron chi connectivity index (χ1n) is 10.5. The molecule has 2 heterocycles. The monoisotopic (exact) mass is 393 g/mol. The molecule has 0 spiro atoms. The third-order valence-electron chi connectivity index (χ3n) is 6.24. The molecule has 6 nitrogen and oxygen atoms in total. The van der Waals surface area contributed by atoms with Gasteiger partial charge < -0.3 is 9.80 Å². The van der Waals surface area contributed by atoms with Crippen LogP contribution in [0.5, 0.6) is 0 Å². The SMILES string of the molecule is O=C(C1CCN(c2ccccc2[N+](=O)[O-])CC1)N1CCCC1Cc1ccccc1. The topological polar surface area (TPSA) is 66.7 Å². The number of hydrogen-bond acceptors (Lipinski definition) is 4. The van der Waals surface area contributed by atoms with Crippen LogP contribution in [0.1, 0.15) is 31.2 Å². The van der Waals surface area contributed by atoms with Gasteiger partial charge >= 0.3 is 0 Å². The number of amides is 1. The van der Waals surface area contributed by atoms with E-state index < -0.39 is 0 Å². The fraction of sp³-hybridized carbons (Fsp3) is 0.435. The molecule has 152 valence electrons. The predicted molar refractivity (Wildman–Crippen MR) is 113 cm³/mol. The predicted octanol–water partition coefficient (Wildman–Crippen LogP) is 4.04. The largest absolute Gasteiger partial charge is 0.366 e. The van der Waals surface area contributed by atoms with E-state index in [-0.39, 0.29) is 28.5 Å². The summed E-state index contributed by atoms with van der Waals surface area (Å²) < 4.78 is 0. The molecule has 1 unspecified atom stereocenters. The number of likely N-dealkylation sites (tertiary alicyclic amines) is 1. The Balaban J connectivity index is 1.38. The summed E-state index contributed by atoms with van der Waals surface area (Å²) in [4.78, 5) is 28.3. The van der Waals surface area contributed by atoms with Crippen molar-refractivity contribution < 1.29 is 9.72 Å². The van der Waals surface area contributed by atoms with Gasteiger partial charge in [0.15, 0.2) is 0 Å². The quantitative estimate of drug-likeness (QED) is 0.568. The number of para-hydroxylation sites is 2. The van der Waals surface area contributed by atoms with Crippen molar-refractivity contribution in [3.63, 3.8) is 0 Å². The van der Waals surface area contributed by atoms with Crippen molar-refractivity contribution in [1.82, 2.24) is 4.90 Å². The highest BCUT2D eigenvalue weighted by molar-refractivity contribution is 5.80. The summed E-state index contributed by atoms with van der Waals surface area (Å²) in [6.45, 7) is 2.21. The lowest BCUT2D eigenvalue weighted by Gasteiger charge is -2.35. The molecule has 0 saturated carbocycles. The average Bonchev–Trinajstić information content (AvgIpc) is 3.22. The summed E-state index contributed by atoms with van der Waals surface area (Å²) in [7, 11) is 0. The number of carbonyl (C=O) groups excluding carboxylic acids is 1. The highest BCUT2D eigenvalue weighted by Gasteiger charge is 2.35. The number of hydrogen-bond donors (Lipinski definition) is 0. The Hall–Kier alpha value is -2.89. The lowest BCUT2D eigenvalue weighted by atomic mass is 9.94. The fourth-order valence-electron chi connectivity index (χ4n) is 4.71. The number of nitrogens with zero attached hydrogens (tertiary/aromatic N) is 3. The van der Waals surface area contributed by atoms with Crippen LogP contribution >= 0.6 is 0 Å². The number of nitro benzene ring substituents is 1. The van der Waals surface area contributed by atoms with E-state index in [1.54, 1.807) is 18.2 Å². The number of anilines is 1. The maximum Gasteiger partial charge on any atom is 0.292 e. The van der Waals surface area contributed by atoms with Crippen molar-refractivity contribution in [3.8, 4) is 0 Å². The van der Waals surface area contributed by atoms with E-state index in [4.69, 9.17) is 0 Å². The maximum atomic E-state index is 13.2. The number of rotatable bonds is 5. The molecule has 2 aliphatic rings. The lowest BCUT2D eigenvalue weighted by Crippen LogP contribution is -2.45. The van der Waals surface area contributed by atoms with Crippen LogP contribution in [0.25, 0.3) is 0 Å². The number of piperidine rings is 1. The molecule has 2 aliphatic heterocycles. The van der Waals surface area contributed by atoms with E-state index in [1.165, 1.54) is 5.56 Å². The summed E-state index contributed by atoms with van der Waals surface area (Å²) in [5.74, 6) is 0.288. The van der Waals surface area contributed by atoms with Crippen LogP contribution in [0, 0.1) is 16.0 Å². The normalized spacial score (nSPS) is 20.1. The maximum absolute atomic E-state index is 13.2. The van der Waals surface area contributed by atoms with Crippen LogP contribution in [0.2, 0.25) is 0 Å². The van der Waals surface area contributed by atoms with E-state index >= 15 is 0 Å². The van der Waals surface area contributed by atoms with E-state index in [0.717, 1.165) is 38.6 Å². The first-order valence-corrected chi connectivity index (χ1v) is 10.5. The Bertz CT molecular complexity index is 863. The fourth-order valence-corrected chi connectivity index (χ4v) is 4.71. The minimum absolute atomic E-state index is 0.0189. The van der Waals surface area contributed by atoms with Gasteiger partial charge in [-0.05, 0) is 43.7 Å². The molecule has 29 heavy (non-hydrogen) atoms. The molecule has 4 rings (SSSR count). The summed E-state index contributed by atoms with van der Waals surface area (Å²) in [6.07, 6.45) is 4.55. The summed E-state index contributed by atoms with van der Waals surface area (Å²) >= 11 is 0. The van der Waals surface area contributed by atoms with E-state index in [1.807, 2.05) is 17.0 Å². The second kappa shape index (κ2) is 8.64. The Labute approximate surface area is 171 Å². The van der Waals surface area contributed by atoms with E-state index in [9.17, 15) is 14.9 Å². The van der Waals surface area contributed by atoms with E-state index in [2.05, 4.69) is 29.2 Å². The second-order valence-electron chi connectivity index (χ2n) is 8.02. The van der Waals surface area contributed by atoms with Crippen molar-refractivity contribution in [2.45, 2.75) is 38.1 Å². The van der Waals surface area contributed by atoms with Crippen LogP contribution in [0.4, 0.5) is 11.4 Å². The zero-order chi connectivity index (χ0) is 20.2. The third-order valence-corrected chi connectivity index (χ3v) is 6.24. The Morgan fingerprint density at radius 3 is 2.38 bits per heavy atom. The Morgan fingerprint density at radius 1 is 0.966 bits per heavy atom.